The lowest BCUT2D eigenvalue weighted by molar-refractivity contribution is 0.0734. The molecule has 0 saturated heterocycles. The second-order valence-electron chi connectivity index (χ2n) is 7.20. The molecule has 3 aromatic rings. The van der Waals surface area contributed by atoms with Gasteiger partial charge in [0.15, 0.2) is 5.76 Å². The number of nitrogens with zero attached hydrogens (tertiary/aromatic N) is 1. The molecule has 1 aliphatic carbocycles. The van der Waals surface area contributed by atoms with Crippen molar-refractivity contribution in [3.8, 4) is 0 Å². The van der Waals surface area contributed by atoms with Crippen molar-refractivity contribution in [2.75, 3.05) is 5.32 Å². The number of furan rings is 1. The molecule has 5 nitrogen and oxygen atoms in total. The quantitative estimate of drug-likeness (QED) is 0.639. The molecular weight excluding hydrogens is 372 g/mol. The number of anilines is 1. The van der Waals surface area contributed by atoms with E-state index in [-0.39, 0.29) is 17.6 Å². The molecule has 0 spiro atoms. The Labute approximate surface area is 168 Å². The maximum absolute atomic E-state index is 13.3. The van der Waals surface area contributed by atoms with Crippen LogP contribution in [0, 0.1) is 13.8 Å². The summed E-state index contributed by atoms with van der Waals surface area (Å²) in [5.41, 5.74) is 3.21. The number of thiophene rings is 1. The van der Waals surface area contributed by atoms with Crippen molar-refractivity contribution in [2.24, 2.45) is 0 Å². The molecule has 1 aliphatic rings. The van der Waals surface area contributed by atoms with Crippen LogP contribution in [0.4, 0.5) is 5.00 Å². The molecule has 28 heavy (non-hydrogen) atoms. The molecule has 1 N–H and O–H groups in total. The van der Waals surface area contributed by atoms with E-state index in [1.54, 1.807) is 12.1 Å². The molecule has 2 amide bonds. The van der Waals surface area contributed by atoms with Crippen LogP contribution >= 0.6 is 11.3 Å². The summed E-state index contributed by atoms with van der Waals surface area (Å²) in [6.45, 7) is 4.57. The Morgan fingerprint density at radius 1 is 1.18 bits per heavy atom. The van der Waals surface area contributed by atoms with Crippen LogP contribution in [-0.2, 0) is 6.54 Å². The van der Waals surface area contributed by atoms with E-state index in [0.29, 0.717) is 22.5 Å². The number of benzene rings is 1. The number of amides is 2. The molecular formula is C22H22N2O3S. The molecule has 1 aromatic carbocycles. The van der Waals surface area contributed by atoms with E-state index in [0.717, 1.165) is 24.0 Å². The number of nitrogens with one attached hydrogen (secondary N) is 1. The number of rotatable bonds is 6. The van der Waals surface area contributed by atoms with Crippen molar-refractivity contribution in [3.63, 3.8) is 0 Å². The van der Waals surface area contributed by atoms with Crippen molar-refractivity contribution in [3.05, 3.63) is 76.1 Å². The van der Waals surface area contributed by atoms with Gasteiger partial charge in [-0.2, -0.15) is 0 Å². The zero-order valence-corrected chi connectivity index (χ0v) is 16.7. The van der Waals surface area contributed by atoms with E-state index in [2.05, 4.69) is 36.5 Å². The van der Waals surface area contributed by atoms with Crippen molar-refractivity contribution < 1.29 is 14.0 Å². The van der Waals surface area contributed by atoms with Gasteiger partial charge in [0.25, 0.3) is 11.8 Å². The molecule has 2 heterocycles. The lowest BCUT2D eigenvalue weighted by atomic mass is 10.1. The normalized spacial score (nSPS) is 13.4. The van der Waals surface area contributed by atoms with Crippen LogP contribution < -0.4 is 5.32 Å². The van der Waals surface area contributed by atoms with Gasteiger partial charge in [-0.1, -0.05) is 29.8 Å². The topological polar surface area (TPSA) is 62.6 Å². The predicted molar refractivity (Wildman–Crippen MR) is 110 cm³/mol. The maximum Gasteiger partial charge on any atom is 0.291 e. The van der Waals surface area contributed by atoms with Gasteiger partial charge < -0.3 is 14.6 Å². The fourth-order valence-corrected chi connectivity index (χ4v) is 4.13. The van der Waals surface area contributed by atoms with E-state index >= 15 is 0 Å². The van der Waals surface area contributed by atoms with E-state index in [1.165, 1.54) is 23.2 Å². The minimum Gasteiger partial charge on any atom is -0.459 e. The Kier molecular flexibility index (Phi) is 5.05. The standard InChI is InChI=1S/C22H22N2O3S/c1-14-5-7-16(8-6-14)13-24(17-9-10-17)22(26)20-15(2)12-19(28-20)23-21(25)18-4-3-11-27-18/h3-8,11-12,17H,9-10,13H2,1-2H3,(H,23,25). The smallest absolute Gasteiger partial charge is 0.291 e. The summed E-state index contributed by atoms with van der Waals surface area (Å²) in [5.74, 6) is -0.0362. The Morgan fingerprint density at radius 2 is 1.93 bits per heavy atom. The van der Waals surface area contributed by atoms with Gasteiger partial charge in [-0.25, -0.2) is 0 Å². The highest BCUT2D eigenvalue weighted by atomic mass is 32.1. The zero-order valence-electron chi connectivity index (χ0n) is 15.9. The zero-order chi connectivity index (χ0) is 19.7. The lowest BCUT2D eigenvalue weighted by Crippen LogP contribution is -2.32. The monoisotopic (exact) mass is 394 g/mol. The summed E-state index contributed by atoms with van der Waals surface area (Å²) in [5, 5.41) is 3.46. The third kappa shape index (κ3) is 4.02. The largest absolute Gasteiger partial charge is 0.459 e. The third-order valence-corrected chi connectivity index (χ3v) is 5.96. The highest BCUT2D eigenvalue weighted by molar-refractivity contribution is 7.18. The van der Waals surface area contributed by atoms with Crippen LogP contribution in [0.1, 0.15) is 49.8 Å². The summed E-state index contributed by atoms with van der Waals surface area (Å²) >= 11 is 1.31. The second-order valence-corrected chi connectivity index (χ2v) is 8.26. The Hall–Kier alpha value is -2.86. The fourth-order valence-electron chi connectivity index (χ4n) is 3.11. The summed E-state index contributed by atoms with van der Waals surface area (Å²) in [4.78, 5) is 28.1. The fraction of sp³-hybridized carbons (Fsp3) is 0.273. The average molecular weight is 394 g/mol. The number of aryl methyl sites for hydroxylation is 2. The van der Waals surface area contributed by atoms with Gasteiger partial charge in [-0.3, -0.25) is 9.59 Å². The number of hydrogen-bond acceptors (Lipinski definition) is 4. The molecule has 0 unspecified atom stereocenters. The molecule has 6 heteroatoms. The van der Waals surface area contributed by atoms with E-state index in [1.807, 2.05) is 17.9 Å². The molecule has 2 aromatic heterocycles. The van der Waals surface area contributed by atoms with Crippen LogP contribution in [0.3, 0.4) is 0 Å². The summed E-state index contributed by atoms with van der Waals surface area (Å²) in [7, 11) is 0. The van der Waals surface area contributed by atoms with Crippen molar-refractivity contribution in [1.82, 2.24) is 4.90 Å². The second kappa shape index (κ2) is 7.64. The van der Waals surface area contributed by atoms with Crippen LogP contribution in [-0.4, -0.2) is 22.8 Å². The van der Waals surface area contributed by atoms with E-state index < -0.39 is 0 Å². The Morgan fingerprint density at radius 3 is 2.57 bits per heavy atom. The van der Waals surface area contributed by atoms with E-state index in [9.17, 15) is 9.59 Å². The molecule has 4 rings (SSSR count). The summed E-state index contributed by atoms with van der Waals surface area (Å²) in [6.07, 6.45) is 3.55. The molecule has 0 atom stereocenters. The molecule has 1 fully saturated rings. The first kappa shape index (κ1) is 18.5. The Bertz CT molecular complexity index is 985. The van der Waals surface area contributed by atoms with Gasteiger partial charge in [0.2, 0.25) is 0 Å². The van der Waals surface area contributed by atoms with Gasteiger partial charge in [0.05, 0.1) is 16.1 Å². The van der Waals surface area contributed by atoms with Crippen LogP contribution in [0.15, 0.2) is 53.1 Å². The first-order chi connectivity index (χ1) is 13.5. The van der Waals surface area contributed by atoms with Crippen LogP contribution in [0.25, 0.3) is 0 Å². The first-order valence-corrected chi connectivity index (χ1v) is 10.1. The minimum absolute atomic E-state index is 0.0315. The molecule has 144 valence electrons. The van der Waals surface area contributed by atoms with Crippen molar-refractivity contribution in [1.29, 1.82) is 0 Å². The van der Waals surface area contributed by atoms with Gasteiger partial charge in [-0.15, -0.1) is 11.3 Å². The lowest BCUT2D eigenvalue weighted by Gasteiger charge is -2.22. The van der Waals surface area contributed by atoms with Gasteiger partial charge in [-0.05, 0) is 56.0 Å². The first-order valence-electron chi connectivity index (χ1n) is 9.33. The third-order valence-electron chi connectivity index (χ3n) is 4.82. The number of carbonyl (C=O) groups is 2. The van der Waals surface area contributed by atoms with Gasteiger partial charge >= 0.3 is 0 Å². The summed E-state index contributed by atoms with van der Waals surface area (Å²) in [6, 6.07) is 13.7. The molecule has 0 bridgehead atoms. The van der Waals surface area contributed by atoms with Crippen molar-refractivity contribution >= 4 is 28.2 Å². The molecule has 1 saturated carbocycles. The molecule has 0 aliphatic heterocycles. The minimum atomic E-state index is -0.316. The maximum atomic E-state index is 13.3. The Balaban J connectivity index is 1.51. The highest BCUT2D eigenvalue weighted by Crippen LogP contribution is 2.34. The highest BCUT2D eigenvalue weighted by Gasteiger charge is 2.34. The number of carbonyl (C=O) groups excluding carboxylic acids is 2. The van der Waals surface area contributed by atoms with E-state index in [4.69, 9.17) is 4.42 Å². The molecule has 0 radical (unpaired) electrons. The number of hydrogen-bond donors (Lipinski definition) is 1. The predicted octanol–water partition coefficient (Wildman–Crippen LogP) is 5.02. The van der Waals surface area contributed by atoms with Crippen molar-refractivity contribution in [2.45, 2.75) is 39.3 Å². The van der Waals surface area contributed by atoms with Gasteiger partial charge in [0, 0.05) is 12.6 Å². The SMILES string of the molecule is Cc1ccc(CN(C(=O)c2sc(NC(=O)c3ccco3)cc2C)C2CC2)cc1. The van der Waals surface area contributed by atoms with Gasteiger partial charge in [0.1, 0.15) is 0 Å². The summed E-state index contributed by atoms with van der Waals surface area (Å²) < 4.78 is 5.12. The van der Waals surface area contributed by atoms with Crippen LogP contribution in [0.2, 0.25) is 0 Å². The van der Waals surface area contributed by atoms with Crippen LogP contribution in [0.5, 0.6) is 0 Å². The average Bonchev–Trinajstić information content (AvgIpc) is 3.22.